The van der Waals surface area contributed by atoms with Crippen LogP contribution < -0.4 is 5.32 Å². The SMILES string of the molecule is CCOC(=O)C1CCc2c(c(C(=O)NC(C)C34CC5CC(CC(C5)C3)C4)nn2-c2ccccc2)C1. The summed E-state index contributed by atoms with van der Waals surface area (Å²) >= 11 is 0. The number of amides is 1. The van der Waals surface area contributed by atoms with E-state index in [0.29, 0.717) is 25.1 Å². The Balaban J connectivity index is 1.29. The van der Waals surface area contributed by atoms with E-state index in [1.54, 1.807) is 0 Å². The lowest BCUT2D eigenvalue weighted by molar-refractivity contribution is -0.148. The first-order valence-corrected chi connectivity index (χ1v) is 13.6. The molecule has 0 spiro atoms. The molecule has 0 radical (unpaired) electrons. The minimum absolute atomic E-state index is 0.0938. The summed E-state index contributed by atoms with van der Waals surface area (Å²) in [5, 5.41) is 8.26. The molecule has 4 bridgehead atoms. The number of hydrogen-bond donors (Lipinski definition) is 1. The van der Waals surface area contributed by atoms with Crippen molar-refractivity contribution in [2.75, 3.05) is 6.61 Å². The maximum absolute atomic E-state index is 13.8. The van der Waals surface area contributed by atoms with E-state index >= 15 is 0 Å². The summed E-state index contributed by atoms with van der Waals surface area (Å²) in [4.78, 5) is 26.3. The average Bonchev–Trinajstić information content (AvgIpc) is 3.23. The molecule has 2 unspecified atom stereocenters. The van der Waals surface area contributed by atoms with Gasteiger partial charge in [-0.3, -0.25) is 9.59 Å². The van der Waals surface area contributed by atoms with Gasteiger partial charge in [-0.1, -0.05) is 18.2 Å². The number of carbonyl (C=O) groups excluding carboxylic acids is 2. The fourth-order valence-corrected chi connectivity index (χ4v) is 8.17. The van der Waals surface area contributed by atoms with Crippen LogP contribution >= 0.6 is 0 Å². The van der Waals surface area contributed by atoms with Gasteiger partial charge in [-0.25, -0.2) is 4.68 Å². The van der Waals surface area contributed by atoms with E-state index in [9.17, 15) is 9.59 Å². The molecule has 5 aliphatic carbocycles. The van der Waals surface area contributed by atoms with Crippen molar-refractivity contribution in [3.63, 3.8) is 0 Å². The number of hydrogen-bond acceptors (Lipinski definition) is 4. The zero-order chi connectivity index (χ0) is 24.2. The third-order valence-electron chi connectivity index (χ3n) is 9.46. The van der Waals surface area contributed by atoms with Crippen LogP contribution in [0, 0.1) is 29.1 Å². The Bertz CT molecular complexity index is 1090. The molecule has 7 rings (SSSR count). The number of esters is 1. The molecule has 1 aromatic carbocycles. The normalized spacial score (nSPS) is 31.6. The predicted molar refractivity (Wildman–Crippen MR) is 133 cm³/mol. The highest BCUT2D eigenvalue weighted by Crippen LogP contribution is 2.61. The molecule has 0 aliphatic heterocycles. The number of para-hydroxylation sites is 1. The van der Waals surface area contributed by atoms with E-state index < -0.39 is 0 Å². The Hall–Kier alpha value is -2.63. The zero-order valence-corrected chi connectivity index (χ0v) is 21.0. The number of nitrogens with zero attached hydrogens (tertiary/aromatic N) is 2. The van der Waals surface area contributed by atoms with Crippen LogP contribution in [-0.2, 0) is 22.4 Å². The third-order valence-corrected chi connectivity index (χ3v) is 9.46. The molecule has 1 heterocycles. The summed E-state index contributed by atoms with van der Waals surface area (Å²) in [7, 11) is 0. The van der Waals surface area contributed by atoms with Crippen LogP contribution in [0.4, 0.5) is 0 Å². The van der Waals surface area contributed by atoms with Gasteiger partial charge in [0.2, 0.25) is 0 Å². The summed E-state index contributed by atoms with van der Waals surface area (Å²) in [6.45, 7) is 4.43. The van der Waals surface area contributed by atoms with Gasteiger partial charge >= 0.3 is 5.97 Å². The highest BCUT2D eigenvalue weighted by Gasteiger charge is 2.53. The summed E-state index contributed by atoms with van der Waals surface area (Å²) in [6, 6.07) is 10.1. The Morgan fingerprint density at radius 3 is 2.40 bits per heavy atom. The lowest BCUT2D eigenvalue weighted by atomic mass is 9.48. The molecule has 1 aromatic heterocycles. The molecule has 4 saturated carbocycles. The van der Waals surface area contributed by atoms with Crippen molar-refractivity contribution in [1.29, 1.82) is 0 Å². The van der Waals surface area contributed by atoms with E-state index in [4.69, 9.17) is 9.84 Å². The fraction of sp³-hybridized carbons (Fsp3) is 0.621. The molecule has 4 fully saturated rings. The summed E-state index contributed by atoms with van der Waals surface area (Å²) < 4.78 is 7.24. The molecule has 1 N–H and O–H groups in total. The number of benzene rings is 1. The number of aromatic nitrogens is 2. The van der Waals surface area contributed by atoms with Crippen molar-refractivity contribution in [2.24, 2.45) is 29.1 Å². The Kier molecular flexibility index (Phi) is 5.73. The van der Waals surface area contributed by atoms with E-state index in [1.165, 1.54) is 38.5 Å². The van der Waals surface area contributed by atoms with Crippen molar-refractivity contribution in [3.8, 4) is 5.69 Å². The molecule has 186 valence electrons. The van der Waals surface area contributed by atoms with Crippen LogP contribution in [0.1, 0.15) is 80.5 Å². The average molecular weight is 476 g/mol. The molecule has 6 nitrogen and oxygen atoms in total. The summed E-state index contributed by atoms with van der Waals surface area (Å²) in [6.07, 6.45) is 9.87. The predicted octanol–water partition coefficient (Wildman–Crippen LogP) is 4.88. The van der Waals surface area contributed by atoms with Gasteiger partial charge in [0.05, 0.1) is 18.2 Å². The van der Waals surface area contributed by atoms with Crippen molar-refractivity contribution in [3.05, 3.63) is 47.3 Å². The molecular weight excluding hydrogens is 438 g/mol. The summed E-state index contributed by atoms with van der Waals surface area (Å²) in [5.41, 5.74) is 3.62. The number of ether oxygens (including phenoxy) is 1. The second kappa shape index (κ2) is 8.79. The topological polar surface area (TPSA) is 73.2 Å². The Morgan fingerprint density at radius 1 is 1.11 bits per heavy atom. The van der Waals surface area contributed by atoms with Gasteiger partial charge in [-0.05, 0) is 107 Å². The minimum Gasteiger partial charge on any atom is -0.466 e. The number of carbonyl (C=O) groups is 2. The first-order valence-electron chi connectivity index (χ1n) is 13.6. The van der Waals surface area contributed by atoms with Crippen molar-refractivity contribution >= 4 is 11.9 Å². The van der Waals surface area contributed by atoms with E-state index in [0.717, 1.165) is 41.1 Å². The van der Waals surface area contributed by atoms with Gasteiger partial charge in [-0.2, -0.15) is 5.10 Å². The zero-order valence-electron chi connectivity index (χ0n) is 21.0. The largest absolute Gasteiger partial charge is 0.466 e. The van der Waals surface area contributed by atoms with Crippen LogP contribution in [-0.4, -0.2) is 34.3 Å². The van der Waals surface area contributed by atoms with E-state index in [2.05, 4.69) is 12.2 Å². The molecule has 2 aromatic rings. The quantitative estimate of drug-likeness (QED) is 0.605. The van der Waals surface area contributed by atoms with Gasteiger partial charge in [-0.15, -0.1) is 0 Å². The highest BCUT2D eigenvalue weighted by atomic mass is 16.5. The molecule has 5 aliphatic rings. The van der Waals surface area contributed by atoms with Gasteiger partial charge in [0.15, 0.2) is 5.69 Å². The van der Waals surface area contributed by atoms with Gasteiger partial charge < -0.3 is 10.1 Å². The lowest BCUT2D eigenvalue weighted by Crippen LogP contribution is -2.55. The van der Waals surface area contributed by atoms with Gasteiger partial charge in [0.25, 0.3) is 5.91 Å². The molecular formula is C29H37N3O3. The second-order valence-electron chi connectivity index (χ2n) is 11.7. The van der Waals surface area contributed by atoms with Gasteiger partial charge in [0, 0.05) is 17.3 Å². The molecule has 1 amide bonds. The molecule has 6 heteroatoms. The van der Waals surface area contributed by atoms with Crippen LogP contribution in [0.3, 0.4) is 0 Å². The van der Waals surface area contributed by atoms with E-state index in [1.807, 2.05) is 41.9 Å². The number of rotatable bonds is 6. The standard InChI is InChI=1S/C29H37N3O3/c1-3-35-28(34)22-9-10-25-24(14-22)26(31-32(25)23-7-5-4-6-8-23)27(33)30-18(2)29-15-19-11-20(16-29)13-21(12-19)17-29/h4-8,18-22H,3,9-17H2,1-2H3,(H,30,33). The highest BCUT2D eigenvalue weighted by molar-refractivity contribution is 5.94. The van der Waals surface area contributed by atoms with Crippen molar-refractivity contribution < 1.29 is 14.3 Å². The lowest BCUT2D eigenvalue weighted by Gasteiger charge is -2.59. The minimum atomic E-state index is -0.219. The van der Waals surface area contributed by atoms with E-state index in [-0.39, 0.29) is 29.3 Å². The molecule has 35 heavy (non-hydrogen) atoms. The maximum atomic E-state index is 13.8. The van der Waals surface area contributed by atoms with Crippen molar-refractivity contribution in [2.45, 2.75) is 77.7 Å². The van der Waals surface area contributed by atoms with Crippen LogP contribution in [0.15, 0.2) is 30.3 Å². The fourth-order valence-electron chi connectivity index (χ4n) is 8.17. The molecule has 2 atom stereocenters. The Labute approximate surface area is 207 Å². The van der Waals surface area contributed by atoms with Crippen LogP contribution in [0.2, 0.25) is 0 Å². The summed E-state index contributed by atoms with van der Waals surface area (Å²) in [5.74, 6) is 2.05. The smallest absolute Gasteiger partial charge is 0.309 e. The number of nitrogens with one attached hydrogen (secondary N) is 1. The van der Waals surface area contributed by atoms with Crippen molar-refractivity contribution in [1.82, 2.24) is 15.1 Å². The monoisotopic (exact) mass is 475 g/mol. The van der Waals surface area contributed by atoms with Crippen LogP contribution in [0.25, 0.3) is 5.69 Å². The third kappa shape index (κ3) is 3.99. The van der Waals surface area contributed by atoms with Gasteiger partial charge in [0.1, 0.15) is 0 Å². The number of fused-ring (bicyclic) bond motifs is 1. The van der Waals surface area contributed by atoms with Crippen LogP contribution in [0.5, 0.6) is 0 Å². The second-order valence-corrected chi connectivity index (χ2v) is 11.7. The maximum Gasteiger partial charge on any atom is 0.309 e. The Morgan fingerprint density at radius 2 is 1.77 bits per heavy atom. The first kappa shape index (κ1) is 22.8. The molecule has 0 saturated heterocycles. The first-order chi connectivity index (χ1) is 17.0.